The summed E-state index contributed by atoms with van der Waals surface area (Å²) in [6.45, 7) is 12.0. The topological polar surface area (TPSA) is 72.7 Å². The lowest BCUT2D eigenvalue weighted by Gasteiger charge is -2.50. The zero-order chi connectivity index (χ0) is 19.8. The van der Waals surface area contributed by atoms with Crippen molar-refractivity contribution in [2.45, 2.75) is 53.6 Å². The maximum Gasteiger partial charge on any atom is 0.283 e. The molecule has 0 radical (unpaired) electrons. The molecule has 0 aromatic carbocycles. The van der Waals surface area contributed by atoms with Crippen molar-refractivity contribution in [2.75, 3.05) is 5.32 Å². The molecule has 1 aliphatic carbocycles. The Morgan fingerprint density at radius 2 is 2.07 bits per heavy atom. The van der Waals surface area contributed by atoms with Gasteiger partial charge in [-0.05, 0) is 51.6 Å². The highest BCUT2D eigenvalue weighted by Gasteiger charge is 2.43. The highest BCUT2D eigenvalue weighted by Crippen LogP contribution is 2.48. The molecule has 2 heterocycles. The number of aromatic nitrogens is 4. The Balaban J connectivity index is 1.80. The van der Waals surface area contributed by atoms with Crippen LogP contribution in [0.5, 0.6) is 0 Å². The first kappa shape index (κ1) is 20.0. The summed E-state index contributed by atoms with van der Waals surface area (Å²) in [7, 11) is 0. The first-order valence-electron chi connectivity index (χ1n) is 9.48. The van der Waals surface area contributed by atoms with Crippen molar-refractivity contribution in [1.29, 1.82) is 0 Å². The molecule has 27 heavy (non-hydrogen) atoms. The van der Waals surface area contributed by atoms with Crippen LogP contribution in [0.3, 0.4) is 0 Å². The van der Waals surface area contributed by atoms with Crippen molar-refractivity contribution in [3.05, 3.63) is 45.3 Å². The molecule has 0 bridgehead atoms. The van der Waals surface area contributed by atoms with Crippen LogP contribution in [0.4, 0.5) is 5.69 Å². The Kier molecular flexibility index (Phi) is 5.70. The molecule has 0 saturated heterocycles. The molecule has 146 valence electrons. The van der Waals surface area contributed by atoms with Crippen LogP contribution in [-0.4, -0.2) is 25.8 Å². The van der Waals surface area contributed by atoms with E-state index in [9.17, 15) is 4.79 Å². The molecular formula is C20H28BrN5O. The van der Waals surface area contributed by atoms with Gasteiger partial charge in [-0.25, -0.2) is 14.6 Å². The molecule has 1 aliphatic rings. The molecule has 6 nitrogen and oxygen atoms in total. The molecule has 0 amide bonds. The van der Waals surface area contributed by atoms with E-state index in [2.05, 4.69) is 70.9 Å². The highest BCUT2D eigenvalue weighted by atomic mass is 79.9. The van der Waals surface area contributed by atoms with Crippen molar-refractivity contribution in [2.24, 2.45) is 23.2 Å². The summed E-state index contributed by atoms with van der Waals surface area (Å²) in [5.74, 6) is 1.70. The third-order valence-electron chi connectivity index (χ3n) is 6.76. The molecule has 7 heteroatoms. The standard InChI is InChI=1S/C20H28BrN5O/c1-12-8-16(13(2)14(3)20(12,4)5)25-17-9-24-26(19(27)18(17)21)10-15-6-7-22-11-23-15/h6-7,9,11-14,16,25H,8,10H2,1-5H3/t12-,13+,14+,16+/m0/s1. The first-order valence-corrected chi connectivity index (χ1v) is 10.3. The van der Waals surface area contributed by atoms with E-state index in [1.54, 1.807) is 18.5 Å². The molecule has 1 N–H and O–H groups in total. The molecule has 2 aromatic heterocycles. The minimum absolute atomic E-state index is 0.163. The first-order chi connectivity index (χ1) is 12.7. The van der Waals surface area contributed by atoms with Gasteiger partial charge in [0.25, 0.3) is 5.56 Å². The number of nitrogens with zero attached hydrogens (tertiary/aromatic N) is 4. The van der Waals surface area contributed by atoms with E-state index in [1.807, 2.05) is 0 Å². The van der Waals surface area contributed by atoms with E-state index in [-0.39, 0.29) is 5.56 Å². The van der Waals surface area contributed by atoms with E-state index >= 15 is 0 Å². The van der Waals surface area contributed by atoms with Crippen LogP contribution in [0.25, 0.3) is 0 Å². The predicted molar refractivity (Wildman–Crippen MR) is 111 cm³/mol. The van der Waals surface area contributed by atoms with Gasteiger partial charge in [-0.15, -0.1) is 0 Å². The minimum atomic E-state index is -0.163. The lowest BCUT2D eigenvalue weighted by Crippen LogP contribution is -2.48. The predicted octanol–water partition coefficient (Wildman–Crippen LogP) is 3.96. The normalized spacial score (nSPS) is 27.3. The molecule has 0 aliphatic heterocycles. The summed E-state index contributed by atoms with van der Waals surface area (Å²) in [4.78, 5) is 20.8. The van der Waals surface area contributed by atoms with Gasteiger partial charge in [0, 0.05) is 12.2 Å². The zero-order valence-electron chi connectivity index (χ0n) is 16.6. The van der Waals surface area contributed by atoms with Crippen molar-refractivity contribution in [1.82, 2.24) is 19.7 Å². The van der Waals surface area contributed by atoms with E-state index in [0.29, 0.717) is 40.2 Å². The molecule has 1 saturated carbocycles. The second-order valence-corrected chi connectivity index (χ2v) is 9.19. The third kappa shape index (κ3) is 3.93. The Bertz CT molecular complexity index is 851. The van der Waals surface area contributed by atoms with Gasteiger partial charge in [-0.1, -0.05) is 34.6 Å². The maximum absolute atomic E-state index is 12.7. The molecule has 4 atom stereocenters. The fourth-order valence-corrected chi connectivity index (χ4v) is 4.43. The second kappa shape index (κ2) is 7.70. The number of nitrogens with one attached hydrogen (secondary N) is 1. The quantitative estimate of drug-likeness (QED) is 0.789. The van der Waals surface area contributed by atoms with Gasteiger partial charge in [0.1, 0.15) is 10.8 Å². The van der Waals surface area contributed by atoms with Crippen LogP contribution in [0, 0.1) is 23.2 Å². The lowest BCUT2D eigenvalue weighted by atomic mass is 9.58. The molecule has 0 unspecified atom stereocenters. The van der Waals surface area contributed by atoms with Gasteiger partial charge < -0.3 is 5.32 Å². The molecule has 2 aromatic rings. The Morgan fingerprint density at radius 1 is 1.33 bits per heavy atom. The van der Waals surface area contributed by atoms with E-state index < -0.39 is 0 Å². The monoisotopic (exact) mass is 433 g/mol. The minimum Gasteiger partial charge on any atom is -0.380 e. The van der Waals surface area contributed by atoms with Crippen LogP contribution >= 0.6 is 15.9 Å². The van der Waals surface area contributed by atoms with Crippen LogP contribution in [-0.2, 0) is 6.54 Å². The molecule has 3 rings (SSSR count). The van der Waals surface area contributed by atoms with E-state index in [4.69, 9.17) is 0 Å². The van der Waals surface area contributed by atoms with E-state index in [1.165, 1.54) is 11.0 Å². The summed E-state index contributed by atoms with van der Waals surface area (Å²) < 4.78 is 1.93. The van der Waals surface area contributed by atoms with Crippen LogP contribution < -0.4 is 10.9 Å². The second-order valence-electron chi connectivity index (χ2n) is 8.39. The van der Waals surface area contributed by atoms with Gasteiger partial charge >= 0.3 is 0 Å². The molecule has 0 spiro atoms. The Hall–Kier alpha value is -1.76. The zero-order valence-corrected chi connectivity index (χ0v) is 18.2. The van der Waals surface area contributed by atoms with Crippen molar-refractivity contribution < 1.29 is 0 Å². The average molecular weight is 434 g/mol. The summed E-state index contributed by atoms with van der Waals surface area (Å²) in [6, 6.07) is 2.10. The number of halogens is 1. The largest absolute Gasteiger partial charge is 0.380 e. The van der Waals surface area contributed by atoms with Gasteiger partial charge in [0.2, 0.25) is 0 Å². The van der Waals surface area contributed by atoms with Crippen molar-refractivity contribution >= 4 is 21.6 Å². The van der Waals surface area contributed by atoms with Gasteiger partial charge in [0.05, 0.1) is 24.1 Å². The fraction of sp³-hybridized carbons (Fsp3) is 0.600. The molecule has 1 fully saturated rings. The van der Waals surface area contributed by atoms with Crippen LogP contribution in [0.2, 0.25) is 0 Å². The lowest BCUT2D eigenvalue weighted by molar-refractivity contribution is 0.0316. The SMILES string of the molecule is C[C@@H]1[C@@H](C)C(C)(C)[C@@H](C)C[C@H]1Nc1cnn(Cc2ccncn2)c(=O)c1Br. The van der Waals surface area contributed by atoms with Crippen molar-refractivity contribution in [3.63, 3.8) is 0 Å². The fourth-order valence-electron chi connectivity index (χ4n) is 4.01. The maximum atomic E-state index is 12.7. The number of hydrogen-bond donors (Lipinski definition) is 1. The van der Waals surface area contributed by atoms with Gasteiger partial charge in [-0.2, -0.15) is 5.10 Å². The van der Waals surface area contributed by atoms with Gasteiger partial charge in [-0.3, -0.25) is 4.79 Å². The Morgan fingerprint density at radius 3 is 2.74 bits per heavy atom. The van der Waals surface area contributed by atoms with Gasteiger partial charge in [0.15, 0.2) is 0 Å². The highest BCUT2D eigenvalue weighted by molar-refractivity contribution is 9.10. The number of anilines is 1. The van der Waals surface area contributed by atoms with Crippen LogP contribution in [0.15, 0.2) is 34.1 Å². The smallest absolute Gasteiger partial charge is 0.283 e. The summed E-state index contributed by atoms with van der Waals surface area (Å²) in [6.07, 6.45) is 5.94. The average Bonchev–Trinajstić information content (AvgIpc) is 2.65. The molecular weight excluding hydrogens is 406 g/mol. The number of hydrogen-bond acceptors (Lipinski definition) is 5. The Labute approximate surface area is 168 Å². The summed E-state index contributed by atoms with van der Waals surface area (Å²) in [5.41, 5.74) is 1.66. The van der Waals surface area contributed by atoms with E-state index in [0.717, 1.165) is 17.8 Å². The summed E-state index contributed by atoms with van der Waals surface area (Å²) in [5, 5.41) is 7.92. The summed E-state index contributed by atoms with van der Waals surface area (Å²) >= 11 is 3.48. The number of rotatable bonds is 4. The van der Waals surface area contributed by atoms with Crippen molar-refractivity contribution in [3.8, 4) is 0 Å². The van der Waals surface area contributed by atoms with Crippen LogP contribution in [0.1, 0.15) is 46.7 Å². The third-order valence-corrected chi connectivity index (χ3v) is 7.52.